The highest BCUT2D eigenvalue weighted by atomic mass is 19.1. The van der Waals surface area contributed by atoms with Crippen molar-refractivity contribution in [2.24, 2.45) is 0 Å². The van der Waals surface area contributed by atoms with Gasteiger partial charge >= 0.3 is 0 Å². The van der Waals surface area contributed by atoms with Gasteiger partial charge < -0.3 is 10.1 Å². The zero-order valence-electron chi connectivity index (χ0n) is 15.4. The average molecular weight is 355 g/mol. The summed E-state index contributed by atoms with van der Waals surface area (Å²) >= 11 is 0. The van der Waals surface area contributed by atoms with Crippen LogP contribution in [0, 0.1) is 5.82 Å². The molecule has 0 fully saturated rings. The molecule has 0 heterocycles. The van der Waals surface area contributed by atoms with Crippen molar-refractivity contribution < 1.29 is 13.9 Å². The van der Waals surface area contributed by atoms with E-state index in [0.29, 0.717) is 12.2 Å². The topological polar surface area (TPSA) is 38.3 Å². The molecule has 26 heavy (non-hydrogen) atoms. The van der Waals surface area contributed by atoms with E-state index in [4.69, 9.17) is 4.74 Å². The minimum atomic E-state index is -0.597. The number of hydrogen-bond donors (Lipinski definition) is 1. The fourth-order valence-corrected chi connectivity index (χ4v) is 3.41. The molecule has 3 nitrogen and oxygen atoms in total. The first-order valence-corrected chi connectivity index (χ1v) is 9.41. The monoisotopic (exact) mass is 355 g/mol. The fraction of sp³-hybridized carbons (Fsp3) is 0.409. The lowest BCUT2D eigenvalue weighted by Gasteiger charge is -2.22. The summed E-state index contributed by atoms with van der Waals surface area (Å²) in [5.41, 5.74) is 3.96. The summed E-state index contributed by atoms with van der Waals surface area (Å²) in [6.45, 7) is 3.89. The molecule has 2 unspecified atom stereocenters. The number of amides is 1. The van der Waals surface area contributed by atoms with Gasteiger partial charge in [-0.1, -0.05) is 25.1 Å². The Balaban J connectivity index is 1.64. The largest absolute Gasteiger partial charge is 0.481 e. The van der Waals surface area contributed by atoms with Crippen LogP contribution in [0.4, 0.5) is 4.39 Å². The number of carbonyl (C=O) groups is 1. The molecule has 138 valence electrons. The number of ether oxygens (including phenoxy) is 1. The van der Waals surface area contributed by atoms with Crippen LogP contribution in [0.1, 0.15) is 55.8 Å². The van der Waals surface area contributed by atoms with Gasteiger partial charge in [-0.25, -0.2) is 4.39 Å². The predicted molar refractivity (Wildman–Crippen MR) is 101 cm³/mol. The third kappa shape index (κ3) is 4.43. The summed E-state index contributed by atoms with van der Waals surface area (Å²) < 4.78 is 18.7. The molecule has 0 saturated heterocycles. The fourth-order valence-electron chi connectivity index (χ4n) is 3.41. The molecule has 4 heteroatoms. The van der Waals surface area contributed by atoms with E-state index in [9.17, 15) is 9.18 Å². The van der Waals surface area contributed by atoms with E-state index in [1.165, 1.54) is 48.2 Å². The normalized spacial score (nSPS) is 15.7. The highest BCUT2D eigenvalue weighted by Gasteiger charge is 2.21. The molecule has 0 aromatic heterocycles. The predicted octanol–water partition coefficient (Wildman–Crippen LogP) is 4.74. The smallest absolute Gasteiger partial charge is 0.261 e. The summed E-state index contributed by atoms with van der Waals surface area (Å²) in [7, 11) is 0. The molecule has 0 spiro atoms. The number of nitrogens with one attached hydrogen (secondary N) is 1. The molecule has 2 atom stereocenters. The molecule has 0 saturated carbocycles. The summed E-state index contributed by atoms with van der Waals surface area (Å²) in [6.07, 6.45) is 4.72. The number of aryl methyl sites for hydroxylation is 2. The van der Waals surface area contributed by atoms with Gasteiger partial charge in [0.2, 0.25) is 0 Å². The van der Waals surface area contributed by atoms with Gasteiger partial charge in [0.25, 0.3) is 5.91 Å². The molecule has 1 aliphatic rings. The number of rotatable bonds is 6. The third-order valence-corrected chi connectivity index (χ3v) is 4.99. The van der Waals surface area contributed by atoms with E-state index in [1.54, 1.807) is 0 Å². The molecular weight excluding hydrogens is 329 g/mol. The number of benzene rings is 2. The lowest BCUT2D eigenvalue weighted by molar-refractivity contribution is -0.128. The highest BCUT2D eigenvalue weighted by Crippen LogP contribution is 2.25. The van der Waals surface area contributed by atoms with Crippen molar-refractivity contribution in [2.75, 3.05) is 0 Å². The first-order chi connectivity index (χ1) is 12.6. The molecule has 1 N–H and O–H groups in total. The summed E-state index contributed by atoms with van der Waals surface area (Å²) in [5.74, 6) is 0.0211. The van der Waals surface area contributed by atoms with Crippen molar-refractivity contribution in [3.63, 3.8) is 0 Å². The van der Waals surface area contributed by atoms with Gasteiger partial charge in [0.05, 0.1) is 6.04 Å². The molecule has 2 aromatic rings. The van der Waals surface area contributed by atoms with Gasteiger partial charge in [0, 0.05) is 0 Å². The van der Waals surface area contributed by atoms with Crippen LogP contribution in [0.3, 0.4) is 0 Å². The lowest BCUT2D eigenvalue weighted by Crippen LogP contribution is -2.39. The van der Waals surface area contributed by atoms with Gasteiger partial charge in [-0.05, 0) is 80.0 Å². The van der Waals surface area contributed by atoms with Gasteiger partial charge in [-0.3, -0.25) is 4.79 Å². The SMILES string of the molecule is CCC(Oc1ccc(F)cc1)C(=O)NC(C)c1ccc2c(c1)CCCC2. The van der Waals surface area contributed by atoms with E-state index < -0.39 is 6.10 Å². The number of halogens is 1. The first kappa shape index (κ1) is 18.4. The molecule has 1 aliphatic carbocycles. The Bertz CT molecular complexity index is 757. The quantitative estimate of drug-likeness (QED) is 0.813. The van der Waals surface area contributed by atoms with E-state index in [-0.39, 0.29) is 17.8 Å². The van der Waals surface area contributed by atoms with Crippen molar-refractivity contribution in [3.8, 4) is 5.75 Å². The molecule has 0 bridgehead atoms. The summed E-state index contributed by atoms with van der Waals surface area (Å²) in [4.78, 5) is 12.6. The first-order valence-electron chi connectivity index (χ1n) is 9.41. The van der Waals surface area contributed by atoms with E-state index >= 15 is 0 Å². The lowest BCUT2D eigenvalue weighted by atomic mass is 9.89. The highest BCUT2D eigenvalue weighted by molar-refractivity contribution is 5.81. The average Bonchev–Trinajstić information content (AvgIpc) is 2.67. The molecule has 0 aliphatic heterocycles. The minimum Gasteiger partial charge on any atom is -0.481 e. The Kier molecular flexibility index (Phi) is 5.92. The number of hydrogen-bond acceptors (Lipinski definition) is 2. The van der Waals surface area contributed by atoms with Crippen molar-refractivity contribution in [2.45, 2.75) is 58.1 Å². The number of fused-ring (bicyclic) bond motifs is 1. The van der Waals surface area contributed by atoms with Crippen LogP contribution >= 0.6 is 0 Å². The molecule has 0 radical (unpaired) electrons. The van der Waals surface area contributed by atoms with Crippen LogP contribution in [-0.4, -0.2) is 12.0 Å². The maximum atomic E-state index is 13.0. The number of carbonyl (C=O) groups excluding carboxylic acids is 1. The Hall–Kier alpha value is -2.36. The third-order valence-electron chi connectivity index (χ3n) is 4.99. The van der Waals surface area contributed by atoms with E-state index in [0.717, 1.165) is 18.4 Å². The van der Waals surface area contributed by atoms with Crippen LogP contribution in [-0.2, 0) is 17.6 Å². The minimum absolute atomic E-state index is 0.0828. The Morgan fingerprint density at radius 3 is 2.50 bits per heavy atom. The zero-order valence-corrected chi connectivity index (χ0v) is 15.4. The van der Waals surface area contributed by atoms with Crippen LogP contribution in [0.2, 0.25) is 0 Å². The van der Waals surface area contributed by atoms with Gasteiger partial charge in [-0.2, -0.15) is 0 Å². The summed E-state index contributed by atoms with van der Waals surface area (Å²) in [6, 6.07) is 12.2. The second-order valence-corrected chi connectivity index (χ2v) is 6.93. The van der Waals surface area contributed by atoms with E-state index in [2.05, 4.69) is 23.5 Å². The van der Waals surface area contributed by atoms with Gasteiger partial charge in [-0.15, -0.1) is 0 Å². The second kappa shape index (κ2) is 8.35. The molecule has 3 rings (SSSR count). The standard InChI is InChI=1S/C22H26FNO2/c1-3-21(26-20-12-10-19(23)11-13-20)22(25)24-15(2)17-9-8-16-6-4-5-7-18(16)14-17/h8-15,21H,3-7H2,1-2H3,(H,24,25). The summed E-state index contributed by atoms with van der Waals surface area (Å²) in [5, 5.41) is 3.05. The van der Waals surface area contributed by atoms with Crippen molar-refractivity contribution in [3.05, 3.63) is 65.0 Å². The Labute approximate surface area is 154 Å². The van der Waals surface area contributed by atoms with Crippen molar-refractivity contribution in [1.29, 1.82) is 0 Å². The maximum Gasteiger partial charge on any atom is 0.261 e. The maximum absolute atomic E-state index is 13.0. The van der Waals surface area contributed by atoms with Crippen LogP contribution < -0.4 is 10.1 Å². The van der Waals surface area contributed by atoms with Crippen molar-refractivity contribution in [1.82, 2.24) is 5.32 Å². The van der Waals surface area contributed by atoms with Crippen LogP contribution in [0.25, 0.3) is 0 Å². The van der Waals surface area contributed by atoms with Crippen molar-refractivity contribution >= 4 is 5.91 Å². The second-order valence-electron chi connectivity index (χ2n) is 6.93. The molecule has 1 amide bonds. The van der Waals surface area contributed by atoms with Crippen LogP contribution in [0.15, 0.2) is 42.5 Å². The van der Waals surface area contributed by atoms with Gasteiger partial charge in [0.1, 0.15) is 11.6 Å². The zero-order chi connectivity index (χ0) is 18.5. The Morgan fingerprint density at radius 1 is 1.12 bits per heavy atom. The molecular formula is C22H26FNO2. The van der Waals surface area contributed by atoms with Gasteiger partial charge in [0.15, 0.2) is 6.10 Å². The van der Waals surface area contributed by atoms with E-state index in [1.807, 2.05) is 13.8 Å². The Morgan fingerprint density at radius 2 is 1.81 bits per heavy atom. The molecule has 2 aromatic carbocycles. The van der Waals surface area contributed by atoms with Crippen LogP contribution in [0.5, 0.6) is 5.75 Å².